The van der Waals surface area contributed by atoms with Gasteiger partial charge in [0.1, 0.15) is 0 Å². The molecule has 8 nitrogen and oxygen atoms in total. The van der Waals surface area contributed by atoms with E-state index >= 15 is 0 Å². The van der Waals surface area contributed by atoms with Gasteiger partial charge in [-0.2, -0.15) is 4.31 Å². The first kappa shape index (κ1) is 22.4. The maximum absolute atomic E-state index is 12.7. The quantitative estimate of drug-likeness (QED) is 0.595. The maximum atomic E-state index is 12.7. The summed E-state index contributed by atoms with van der Waals surface area (Å²) in [5.41, 5.74) is 1.91. The number of amides is 2. The number of carbonyl (C=O) groups excluding carboxylic acids is 2. The van der Waals surface area contributed by atoms with Crippen molar-refractivity contribution in [2.24, 2.45) is 0 Å². The Labute approximate surface area is 190 Å². The van der Waals surface area contributed by atoms with Gasteiger partial charge in [0.2, 0.25) is 21.8 Å². The normalized spacial score (nSPS) is 15.1. The molecule has 0 radical (unpaired) electrons. The number of anilines is 1. The van der Waals surface area contributed by atoms with Crippen LogP contribution < -0.4 is 5.32 Å². The molecule has 0 saturated carbocycles. The molecular weight excluding hydrogens is 448 g/mol. The van der Waals surface area contributed by atoms with Gasteiger partial charge in [-0.1, -0.05) is 41.7 Å². The van der Waals surface area contributed by atoms with Crippen LogP contribution in [-0.4, -0.2) is 60.6 Å². The lowest BCUT2D eigenvalue weighted by molar-refractivity contribution is -0.133. The zero-order valence-corrected chi connectivity index (χ0v) is 19.3. The highest BCUT2D eigenvalue weighted by Crippen LogP contribution is 2.28. The molecule has 0 atom stereocenters. The van der Waals surface area contributed by atoms with E-state index < -0.39 is 10.0 Å². The Morgan fingerprint density at radius 2 is 1.72 bits per heavy atom. The van der Waals surface area contributed by atoms with Gasteiger partial charge in [0.15, 0.2) is 5.13 Å². The van der Waals surface area contributed by atoms with Crippen molar-refractivity contribution in [1.82, 2.24) is 14.2 Å². The molecule has 2 amide bonds. The third-order valence-corrected chi connectivity index (χ3v) is 8.25. The molecule has 1 saturated heterocycles. The van der Waals surface area contributed by atoms with Gasteiger partial charge in [-0.3, -0.25) is 9.59 Å². The highest BCUT2D eigenvalue weighted by atomic mass is 32.2. The second-order valence-electron chi connectivity index (χ2n) is 7.59. The fourth-order valence-electron chi connectivity index (χ4n) is 3.62. The first-order valence-electron chi connectivity index (χ1n) is 10.3. The highest BCUT2D eigenvalue weighted by molar-refractivity contribution is 7.89. The van der Waals surface area contributed by atoms with Gasteiger partial charge in [0.05, 0.1) is 15.1 Å². The van der Waals surface area contributed by atoms with E-state index in [1.54, 1.807) is 35.2 Å². The summed E-state index contributed by atoms with van der Waals surface area (Å²) in [7, 11) is -3.56. The first-order chi connectivity index (χ1) is 15.3. The van der Waals surface area contributed by atoms with Crippen LogP contribution in [0.2, 0.25) is 0 Å². The summed E-state index contributed by atoms with van der Waals surface area (Å²) in [6, 6.07) is 14.2. The minimum absolute atomic E-state index is 0.0519. The van der Waals surface area contributed by atoms with E-state index in [1.807, 2.05) is 25.1 Å². The number of para-hydroxylation sites is 1. The minimum Gasteiger partial charge on any atom is -0.340 e. The largest absolute Gasteiger partial charge is 0.340 e. The number of benzene rings is 2. The molecule has 2 aromatic carbocycles. The van der Waals surface area contributed by atoms with Crippen LogP contribution in [0.4, 0.5) is 5.13 Å². The van der Waals surface area contributed by atoms with Crippen molar-refractivity contribution in [3.05, 3.63) is 54.1 Å². The summed E-state index contributed by atoms with van der Waals surface area (Å²) < 4.78 is 27.8. The Morgan fingerprint density at radius 3 is 2.41 bits per heavy atom. The summed E-state index contributed by atoms with van der Waals surface area (Å²) in [5, 5.41) is 3.29. The van der Waals surface area contributed by atoms with Crippen molar-refractivity contribution in [3.63, 3.8) is 0 Å². The van der Waals surface area contributed by atoms with Crippen LogP contribution in [-0.2, 0) is 19.6 Å². The number of aryl methyl sites for hydroxylation is 1. The number of sulfonamides is 1. The molecule has 1 N–H and O–H groups in total. The lowest BCUT2D eigenvalue weighted by Gasteiger charge is -2.34. The van der Waals surface area contributed by atoms with E-state index in [-0.39, 0.29) is 42.6 Å². The third-order valence-electron chi connectivity index (χ3n) is 5.41. The Bertz CT molecular complexity index is 1230. The summed E-state index contributed by atoms with van der Waals surface area (Å²) in [5.74, 6) is -0.419. The van der Waals surface area contributed by atoms with Crippen molar-refractivity contribution >= 4 is 48.5 Å². The zero-order chi connectivity index (χ0) is 22.7. The molecule has 0 spiro atoms. The lowest BCUT2D eigenvalue weighted by Crippen LogP contribution is -2.50. The van der Waals surface area contributed by atoms with Crippen LogP contribution in [0.3, 0.4) is 0 Å². The number of hydrogen-bond acceptors (Lipinski definition) is 6. The van der Waals surface area contributed by atoms with Crippen LogP contribution in [0.1, 0.15) is 18.4 Å². The van der Waals surface area contributed by atoms with Crippen LogP contribution >= 0.6 is 11.3 Å². The Hall–Kier alpha value is -2.82. The molecule has 10 heteroatoms. The first-order valence-corrected chi connectivity index (χ1v) is 12.6. The monoisotopic (exact) mass is 472 g/mol. The van der Waals surface area contributed by atoms with Gasteiger partial charge in [-0.05, 0) is 30.7 Å². The molecule has 32 heavy (non-hydrogen) atoms. The maximum Gasteiger partial charge on any atom is 0.243 e. The molecule has 1 aromatic heterocycles. The number of carbonyl (C=O) groups is 2. The number of hydrogen-bond donors (Lipinski definition) is 1. The van der Waals surface area contributed by atoms with Gasteiger partial charge in [-0.15, -0.1) is 0 Å². The fraction of sp³-hybridized carbons (Fsp3) is 0.318. The summed E-state index contributed by atoms with van der Waals surface area (Å²) in [6.45, 7) is 3.06. The van der Waals surface area contributed by atoms with Gasteiger partial charge in [-0.25, -0.2) is 13.4 Å². The molecule has 3 aromatic rings. The Kier molecular flexibility index (Phi) is 6.54. The fourth-order valence-corrected chi connectivity index (χ4v) is 6.02. The predicted molar refractivity (Wildman–Crippen MR) is 124 cm³/mol. The van der Waals surface area contributed by atoms with E-state index in [0.717, 1.165) is 15.8 Å². The summed E-state index contributed by atoms with van der Waals surface area (Å²) >= 11 is 1.40. The van der Waals surface area contributed by atoms with Crippen molar-refractivity contribution in [2.75, 3.05) is 31.5 Å². The molecule has 1 fully saturated rings. The summed E-state index contributed by atoms with van der Waals surface area (Å²) in [4.78, 5) is 31.2. The zero-order valence-electron chi connectivity index (χ0n) is 17.7. The van der Waals surface area contributed by atoms with Crippen molar-refractivity contribution in [2.45, 2.75) is 24.7 Å². The number of nitrogens with one attached hydrogen (secondary N) is 1. The topological polar surface area (TPSA) is 99.7 Å². The minimum atomic E-state index is -3.56. The molecule has 0 bridgehead atoms. The van der Waals surface area contributed by atoms with E-state index in [2.05, 4.69) is 10.3 Å². The lowest BCUT2D eigenvalue weighted by atomic mass is 10.2. The van der Waals surface area contributed by atoms with Gasteiger partial charge < -0.3 is 10.2 Å². The standard InChI is InChI=1S/C22H24N4O4S2/c1-16-6-5-9-18-21(16)24-22(31-18)23-19(27)10-11-20(28)25-12-14-26(15-13-25)32(29,30)17-7-3-2-4-8-17/h2-9H,10-15H2,1H3,(H,23,24,27). The summed E-state index contributed by atoms with van der Waals surface area (Å²) in [6.07, 6.45) is 0.122. The highest BCUT2D eigenvalue weighted by Gasteiger charge is 2.30. The molecular formula is C22H24N4O4S2. The SMILES string of the molecule is Cc1cccc2sc(NC(=O)CCC(=O)N3CCN(S(=O)(=O)c4ccccc4)CC3)nc12. The van der Waals surface area contributed by atoms with E-state index in [9.17, 15) is 18.0 Å². The number of nitrogens with zero attached hydrogens (tertiary/aromatic N) is 3. The predicted octanol–water partition coefficient (Wildman–Crippen LogP) is 2.86. The number of rotatable bonds is 6. The van der Waals surface area contributed by atoms with E-state index in [4.69, 9.17) is 0 Å². The molecule has 1 aliphatic rings. The van der Waals surface area contributed by atoms with Gasteiger partial charge in [0, 0.05) is 39.0 Å². The molecule has 4 rings (SSSR count). The molecule has 168 valence electrons. The molecule has 0 aliphatic carbocycles. The van der Waals surface area contributed by atoms with Crippen LogP contribution in [0.5, 0.6) is 0 Å². The molecule has 2 heterocycles. The van der Waals surface area contributed by atoms with Crippen LogP contribution in [0, 0.1) is 6.92 Å². The second kappa shape index (κ2) is 9.35. The third kappa shape index (κ3) is 4.82. The smallest absolute Gasteiger partial charge is 0.243 e. The van der Waals surface area contributed by atoms with E-state index in [0.29, 0.717) is 18.2 Å². The average Bonchev–Trinajstić information content (AvgIpc) is 3.22. The van der Waals surface area contributed by atoms with Crippen LogP contribution in [0.25, 0.3) is 10.2 Å². The van der Waals surface area contributed by atoms with Gasteiger partial charge >= 0.3 is 0 Å². The Morgan fingerprint density at radius 1 is 1.00 bits per heavy atom. The van der Waals surface area contributed by atoms with Crippen molar-refractivity contribution in [1.29, 1.82) is 0 Å². The van der Waals surface area contributed by atoms with Crippen molar-refractivity contribution < 1.29 is 18.0 Å². The van der Waals surface area contributed by atoms with Gasteiger partial charge in [0.25, 0.3) is 0 Å². The second-order valence-corrected chi connectivity index (χ2v) is 10.6. The van der Waals surface area contributed by atoms with Crippen LogP contribution in [0.15, 0.2) is 53.4 Å². The molecule has 1 aliphatic heterocycles. The van der Waals surface area contributed by atoms with E-state index in [1.165, 1.54) is 15.6 Å². The number of thiazole rings is 1. The number of piperazine rings is 1. The Balaban J connectivity index is 1.27. The van der Waals surface area contributed by atoms with Crippen molar-refractivity contribution in [3.8, 4) is 0 Å². The number of fused-ring (bicyclic) bond motifs is 1. The molecule has 0 unspecified atom stereocenters. The number of aromatic nitrogens is 1. The average molecular weight is 473 g/mol.